The predicted octanol–water partition coefficient (Wildman–Crippen LogP) is 1.95. The first-order valence-electron chi connectivity index (χ1n) is 5.86. The molecule has 0 spiro atoms. The van der Waals surface area contributed by atoms with Crippen LogP contribution in [0.1, 0.15) is 32.7 Å². The number of nitrogens with one attached hydrogen (secondary N) is 2. The summed E-state index contributed by atoms with van der Waals surface area (Å²) in [4.78, 5) is 8.90. The summed E-state index contributed by atoms with van der Waals surface area (Å²) < 4.78 is 0. The van der Waals surface area contributed by atoms with Gasteiger partial charge in [-0.3, -0.25) is 4.99 Å². The van der Waals surface area contributed by atoms with E-state index in [-0.39, 0.29) is 11.0 Å². The Labute approximate surface area is 107 Å². The fourth-order valence-electron chi connectivity index (χ4n) is 1.69. The molecule has 0 unspecified atom stereocenters. The van der Waals surface area contributed by atoms with Crippen molar-refractivity contribution in [1.29, 1.82) is 0 Å². The first-order valence-corrected chi connectivity index (χ1v) is 6.74. The van der Waals surface area contributed by atoms with Gasteiger partial charge in [0, 0.05) is 30.1 Å². The van der Waals surface area contributed by atoms with Gasteiger partial charge in [-0.1, -0.05) is 13.8 Å². The minimum atomic E-state index is -0.179. The predicted molar refractivity (Wildman–Crippen MR) is 72.4 cm³/mol. The third kappa shape index (κ3) is 2.97. The molecular weight excluding hydrogens is 232 g/mol. The van der Waals surface area contributed by atoms with Gasteiger partial charge in [-0.15, -0.1) is 11.3 Å². The molecule has 0 radical (unpaired) electrons. The average molecular weight is 252 g/mol. The summed E-state index contributed by atoms with van der Waals surface area (Å²) in [5.41, 5.74) is 0.0674. The van der Waals surface area contributed by atoms with Gasteiger partial charge in [0.2, 0.25) is 0 Å². The van der Waals surface area contributed by atoms with E-state index in [2.05, 4.69) is 48.3 Å². The number of hydrogen-bond donors (Lipinski definition) is 2. The molecule has 4 nitrogen and oxygen atoms in total. The van der Waals surface area contributed by atoms with E-state index in [4.69, 9.17) is 0 Å². The van der Waals surface area contributed by atoms with Crippen molar-refractivity contribution < 1.29 is 0 Å². The molecule has 0 atom stereocenters. The highest BCUT2D eigenvalue weighted by Gasteiger charge is 2.28. The second-order valence-electron chi connectivity index (χ2n) is 5.77. The zero-order chi connectivity index (χ0) is 12.5. The lowest BCUT2D eigenvalue weighted by Gasteiger charge is -2.33. The van der Waals surface area contributed by atoms with Gasteiger partial charge in [0.15, 0.2) is 5.96 Å². The summed E-state index contributed by atoms with van der Waals surface area (Å²) in [6, 6.07) is 0. The van der Waals surface area contributed by atoms with Crippen LogP contribution in [-0.4, -0.2) is 24.0 Å². The van der Waals surface area contributed by atoms with Crippen LogP contribution in [0, 0.1) is 5.41 Å². The minimum Gasteiger partial charge on any atom is -0.356 e. The number of aliphatic imine (C=N–C) groups is 1. The third-order valence-electron chi connectivity index (χ3n) is 2.80. The van der Waals surface area contributed by atoms with Crippen LogP contribution in [0.15, 0.2) is 16.6 Å². The van der Waals surface area contributed by atoms with Crippen molar-refractivity contribution >= 4 is 17.3 Å². The maximum Gasteiger partial charge on any atom is 0.192 e. The van der Waals surface area contributed by atoms with Gasteiger partial charge in [-0.05, 0) is 13.8 Å². The molecule has 0 amide bonds. The Balaban J connectivity index is 2.05. The zero-order valence-corrected chi connectivity index (χ0v) is 11.7. The molecule has 94 valence electrons. The van der Waals surface area contributed by atoms with E-state index in [1.807, 2.05) is 11.6 Å². The SMILES string of the molecule is CC1(C)CN=C(NC(C)(C)c2nccs2)NC1. The molecule has 0 fully saturated rings. The summed E-state index contributed by atoms with van der Waals surface area (Å²) in [5.74, 6) is 0.879. The Bertz CT molecular complexity index is 406. The second kappa shape index (κ2) is 4.29. The molecule has 5 heteroatoms. The highest BCUT2D eigenvalue weighted by Crippen LogP contribution is 2.23. The van der Waals surface area contributed by atoms with Crippen molar-refractivity contribution in [1.82, 2.24) is 15.6 Å². The molecule has 0 saturated heterocycles. The molecule has 2 rings (SSSR count). The van der Waals surface area contributed by atoms with E-state index in [0.29, 0.717) is 0 Å². The lowest BCUT2D eigenvalue weighted by Crippen LogP contribution is -2.52. The van der Waals surface area contributed by atoms with E-state index in [0.717, 1.165) is 24.1 Å². The number of hydrogen-bond acceptors (Lipinski definition) is 5. The Kier molecular flexibility index (Phi) is 3.12. The summed E-state index contributed by atoms with van der Waals surface area (Å²) >= 11 is 1.66. The van der Waals surface area contributed by atoms with Gasteiger partial charge in [-0.2, -0.15) is 0 Å². The van der Waals surface area contributed by atoms with E-state index in [9.17, 15) is 0 Å². The van der Waals surface area contributed by atoms with E-state index in [1.165, 1.54) is 0 Å². The van der Waals surface area contributed by atoms with E-state index < -0.39 is 0 Å². The molecule has 0 aromatic carbocycles. The van der Waals surface area contributed by atoms with Gasteiger partial charge in [-0.25, -0.2) is 4.98 Å². The van der Waals surface area contributed by atoms with Crippen LogP contribution >= 0.6 is 11.3 Å². The highest BCUT2D eigenvalue weighted by molar-refractivity contribution is 7.09. The maximum absolute atomic E-state index is 4.55. The van der Waals surface area contributed by atoms with Crippen LogP contribution in [0.25, 0.3) is 0 Å². The van der Waals surface area contributed by atoms with Gasteiger partial charge in [0.05, 0.1) is 5.54 Å². The summed E-state index contributed by atoms with van der Waals surface area (Å²) in [7, 11) is 0. The van der Waals surface area contributed by atoms with Crippen molar-refractivity contribution in [3.05, 3.63) is 16.6 Å². The molecular formula is C12H20N4S. The monoisotopic (exact) mass is 252 g/mol. The fourth-order valence-corrected chi connectivity index (χ4v) is 2.41. The van der Waals surface area contributed by atoms with Crippen molar-refractivity contribution in [3.63, 3.8) is 0 Å². The number of guanidine groups is 1. The fraction of sp³-hybridized carbons (Fsp3) is 0.667. The topological polar surface area (TPSA) is 49.3 Å². The highest BCUT2D eigenvalue weighted by atomic mass is 32.1. The molecule has 1 aromatic heterocycles. The smallest absolute Gasteiger partial charge is 0.192 e. The maximum atomic E-state index is 4.55. The van der Waals surface area contributed by atoms with Crippen LogP contribution in [0.2, 0.25) is 0 Å². The standard InChI is InChI=1S/C12H20N4S/c1-11(2)7-14-10(15-8-11)16-12(3,4)9-13-5-6-17-9/h5-6H,7-8H2,1-4H3,(H2,14,15,16). The molecule has 2 N–H and O–H groups in total. The molecule has 1 aliphatic rings. The lowest BCUT2D eigenvalue weighted by atomic mass is 9.93. The first-order chi connectivity index (χ1) is 7.89. The van der Waals surface area contributed by atoms with Crippen molar-refractivity contribution in [3.8, 4) is 0 Å². The van der Waals surface area contributed by atoms with Gasteiger partial charge in [0.1, 0.15) is 5.01 Å². The minimum absolute atomic E-state index is 0.179. The Morgan fingerprint density at radius 2 is 2.24 bits per heavy atom. The summed E-state index contributed by atoms with van der Waals surface area (Å²) in [6.07, 6.45) is 1.84. The molecule has 0 saturated carbocycles. The molecule has 17 heavy (non-hydrogen) atoms. The zero-order valence-electron chi connectivity index (χ0n) is 10.9. The van der Waals surface area contributed by atoms with Gasteiger partial charge >= 0.3 is 0 Å². The molecule has 2 heterocycles. The van der Waals surface area contributed by atoms with Crippen molar-refractivity contribution in [2.45, 2.75) is 33.2 Å². The van der Waals surface area contributed by atoms with Crippen LogP contribution in [0.4, 0.5) is 0 Å². The lowest BCUT2D eigenvalue weighted by molar-refractivity contribution is 0.350. The van der Waals surface area contributed by atoms with Crippen LogP contribution < -0.4 is 10.6 Å². The number of thiazole rings is 1. The molecule has 1 aliphatic heterocycles. The van der Waals surface area contributed by atoms with Crippen molar-refractivity contribution in [2.75, 3.05) is 13.1 Å². The Hall–Kier alpha value is -1.10. The summed E-state index contributed by atoms with van der Waals surface area (Å²) in [6.45, 7) is 10.5. The number of nitrogens with zero attached hydrogens (tertiary/aromatic N) is 2. The molecule has 0 bridgehead atoms. The third-order valence-corrected chi connectivity index (χ3v) is 3.89. The Morgan fingerprint density at radius 1 is 1.47 bits per heavy atom. The Morgan fingerprint density at radius 3 is 2.76 bits per heavy atom. The largest absolute Gasteiger partial charge is 0.356 e. The first kappa shape index (κ1) is 12.4. The van der Waals surface area contributed by atoms with Crippen LogP contribution in [0.5, 0.6) is 0 Å². The average Bonchev–Trinajstić information content (AvgIpc) is 2.75. The van der Waals surface area contributed by atoms with Gasteiger partial charge < -0.3 is 10.6 Å². The quantitative estimate of drug-likeness (QED) is 0.846. The van der Waals surface area contributed by atoms with Crippen LogP contribution in [0.3, 0.4) is 0 Å². The summed E-state index contributed by atoms with van der Waals surface area (Å²) in [5, 5.41) is 9.84. The second-order valence-corrected chi connectivity index (χ2v) is 6.66. The van der Waals surface area contributed by atoms with E-state index >= 15 is 0 Å². The number of aromatic nitrogens is 1. The molecule has 1 aromatic rings. The van der Waals surface area contributed by atoms with E-state index in [1.54, 1.807) is 11.3 Å². The van der Waals surface area contributed by atoms with Crippen molar-refractivity contribution in [2.24, 2.45) is 10.4 Å². The normalized spacial score (nSPS) is 19.4. The molecule has 0 aliphatic carbocycles. The van der Waals surface area contributed by atoms with Gasteiger partial charge in [0.25, 0.3) is 0 Å². The van der Waals surface area contributed by atoms with Crippen LogP contribution in [-0.2, 0) is 5.54 Å². The number of rotatable bonds is 2.